The highest BCUT2D eigenvalue weighted by Crippen LogP contribution is 2.45. The molecule has 0 bridgehead atoms. The number of nitrogens with zero attached hydrogens (tertiary/aromatic N) is 2. The van der Waals surface area contributed by atoms with Gasteiger partial charge in [0.25, 0.3) is 0 Å². The van der Waals surface area contributed by atoms with Gasteiger partial charge < -0.3 is 19.5 Å². The number of nitrogens with one attached hydrogen (secondary N) is 1. The van der Waals surface area contributed by atoms with Crippen molar-refractivity contribution < 1.29 is 9.53 Å². The molecule has 0 saturated carbocycles. The Hall–Kier alpha value is -2.79. The second kappa shape index (κ2) is 7.47. The summed E-state index contributed by atoms with van der Waals surface area (Å²) >= 11 is 0. The average Bonchev–Trinajstić information content (AvgIpc) is 3.35. The molecule has 156 valence electrons. The van der Waals surface area contributed by atoms with Gasteiger partial charge in [-0.05, 0) is 48.6 Å². The lowest BCUT2D eigenvalue weighted by Crippen LogP contribution is -2.54. The van der Waals surface area contributed by atoms with Crippen LogP contribution in [-0.4, -0.2) is 54.0 Å². The highest BCUT2D eigenvalue weighted by Gasteiger charge is 2.50. The first kappa shape index (κ1) is 19.2. The van der Waals surface area contributed by atoms with Crippen LogP contribution in [-0.2, 0) is 23.2 Å². The first-order valence-electron chi connectivity index (χ1n) is 10.8. The molecule has 1 amide bonds. The van der Waals surface area contributed by atoms with Crippen molar-refractivity contribution in [3.05, 3.63) is 65.4 Å². The first-order valence-corrected chi connectivity index (χ1v) is 10.8. The van der Waals surface area contributed by atoms with Crippen LogP contribution < -0.4 is 4.74 Å². The highest BCUT2D eigenvalue weighted by atomic mass is 16.5. The van der Waals surface area contributed by atoms with Gasteiger partial charge in [0.2, 0.25) is 5.91 Å². The number of carbonyl (C=O) groups is 1. The number of aromatic nitrogens is 1. The highest BCUT2D eigenvalue weighted by molar-refractivity contribution is 5.87. The standard InChI is InChI=1S/C25H29N3O2/c1-18(29)28-14-11-21-22-16-20(30-2)8-9-23(22)26-24(21)25(28)12-15-27(17-25)13-10-19-6-4-3-5-7-19/h3-9,16,26H,10-15,17H2,1-2H3. The Labute approximate surface area is 177 Å². The molecular weight excluding hydrogens is 374 g/mol. The smallest absolute Gasteiger partial charge is 0.220 e. The fraction of sp³-hybridized carbons (Fsp3) is 0.400. The van der Waals surface area contributed by atoms with Crippen molar-refractivity contribution in [1.82, 2.24) is 14.8 Å². The van der Waals surface area contributed by atoms with E-state index in [-0.39, 0.29) is 11.4 Å². The van der Waals surface area contributed by atoms with E-state index < -0.39 is 0 Å². The molecule has 1 saturated heterocycles. The Morgan fingerprint density at radius 1 is 1.17 bits per heavy atom. The van der Waals surface area contributed by atoms with Crippen LogP contribution in [0.4, 0.5) is 0 Å². The Morgan fingerprint density at radius 2 is 2.00 bits per heavy atom. The molecule has 1 unspecified atom stereocenters. The number of fused-ring (bicyclic) bond motifs is 4. The van der Waals surface area contributed by atoms with E-state index in [0.29, 0.717) is 0 Å². The molecule has 1 spiro atoms. The van der Waals surface area contributed by atoms with Crippen LogP contribution >= 0.6 is 0 Å². The van der Waals surface area contributed by atoms with Crippen molar-refractivity contribution >= 4 is 16.8 Å². The van der Waals surface area contributed by atoms with E-state index >= 15 is 0 Å². The molecule has 1 atom stereocenters. The average molecular weight is 404 g/mol. The van der Waals surface area contributed by atoms with Gasteiger partial charge in [0.1, 0.15) is 5.75 Å². The molecule has 1 fully saturated rings. The predicted octanol–water partition coefficient (Wildman–Crippen LogP) is 3.72. The zero-order valence-electron chi connectivity index (χ0n) is 17.8. The fourth-order valence-corrected chi connectivity index (χ4v) is 5.46. The van der Waals surface area contributed by atoms with E-state index in [9.17, 15) is 4.79 Å². The van der Waals surface area contributed by atoms with Crippen LogP contribution in [0.5, 0.6) is 5.75 Å². The molecule has 2 aliphatic heterocycles. The van der Waals surface area contributed by atoms with Crippen molar-refractivity contribution in [2.45, 2.75) is 31.7 Å². The summed E-state index contributed by atoms with van der Waals surface area (Å²) in [6.07, 6.45) is 2.89. The van der Waals surface area contributed by atoms with E-state index in [2.05, 4.69) is 57.2 Å². The minimum absolute atomic E-state index is 0.168. The topological polar surface area (TPSA) is 48.6 Å². The van der Waals surface area contributed by atoms with Crippen molar-refractivity contribution in [1.29, 1.82) is 0 Å². The van der Waals surface area contributed by atoms with E-state index in [0.717, 1.165) is 56.7 Å². The number of H-pyrrole nitrogens is 1. The summed E-state index contributed by atoms with van der Waals surface area (Å²) < 4.78 is 5.46. The summed E-state index contributed by atoms with van der Waals surface area (Å²) in [5.74, 6) is 1.05. The molecule has 5 heteroatoms. The summed E-state index contributed by atoms with van der Waals surface area (Å²) in [5.41, 5.74) is 4.82. The molecule has 5 nitrogen and oxygen atoms in total. The molecule has 2 aliphatic rings. The number of rotatable bonds is 4. The molecule has 2 aromatic carbocycles. The third-order valence-electron chi connectivity index (χ3n) is 6.95. The van der Waals surface area contributed by atoms with Gasteiger partial charge in [0.15, 0.2) is 0 Å². The van der Waals surface area contributed by atoms with Gasteiger partial charge in [-0.25, -0.2) is 0 Å². The monoisotopic (exact) mass is 403 g/mol. The van der Waals surface area contributed by atoms with Crippen LogP contribution in [0.3, 0.4) is 0 Å². The molecule has 30 heavy (non-hydrogen) atoms. The summed E-state index contributed by atoms with van der Waals surface area (Å²) in [5, 5.41) is 1.23. The molecule has 1 aromatic heterocycles. The van der Waals surface area contributed by atoms with E-state index in [1.807, 2.05) is 6.07 Å². The lowest BCUT2D eigenvalue weighted by atomic mass is 9.84. The molecule has 0 aliphatic carbocycles. The largest absolute Gasteiger partial charge is 0.497 e. The van der Waals surface area contributed by atoms with Crippen LogP contribution in [0.15, 0.2) is 48.5 Å². The Balaban J connectivity index is 1.49. The number of aromatic amines is 1. The van der Waals surface area contributed by atoms with Crippen LogP contribution in [0.25, 0.3) is 10.9 Å². The number of hydrogen-bond donors (Lipinski definition) is 1. The second-order valence-corrected chi connectivity index (χ2v) is 8.60. The third kappa shape index (κ3) is 3.08. The fourth-order valence-electron chi connectivity index (χ4n) is 5.46. The van der Waals surface area contributed by atoms with Crippen LogP contribution in [0.1, 0.15) is 30.2 Å². The van der Waals surface area contributed by atoms with Crippen molar-refractivity contribution in [3.63, 3.8) is 0 Å². The number of amides is 1. The molecule has 3 aromatic rings. The minimum Gasteiger partial charge on any atom is -0.497 e. The lowest BCUT2D eigenvalue weighted by molar-refractivity contribution is -0.136. The molecule has 1 N–H and O–H groups in total. The lowest BCUT2D eigenvalue weighted by Gasteiger charge is -2.44. The maximum absolute atomic E-state index is 12.6. The maximum Gasteiger partial charge on any atom is 0.220 e. The molecule has 0 radical (unpaired) electrons. The zero-order chi connectivity index (χ0) is 20.7. The molecule has 3 heterocycles. The predicted molar refractivity (Wildman–Crippen MR) is 119 cm³/mol. The number of hydrogen-bond acceptors (Lipinski definition) is 3. The normalized spacial score (nSPS) is 21.3. The van der Waals surface area contributed by atoms with Gasteiger partial charge in [-0.1, -0.05) is 30.3 Å². The number of benzene rings is 2. The van der Waals surface area contributed by atoms with Crippen molar-refractivity contribution in [3.8, 4) is 5.75 Å². The van der Waals surface area contributed by atoms with E-state index in [1.54, 1.807) is 14.0 Å². The number of methoxy groups -OCH3 is 1. The van der Waals surface area contributed by atoms with Gasteiger partial charge in [-0.2, -0.15) is 0 Å². The van der Waals surface area contributed by atoms with Crippen LogP contribution in [0, 0.1) is 0 Å². The van der Waals surface area contributed by atoms with Crippen LogP contribution in [0.2, 0.25) is 0 Å². The van der Waals surface area contributed by atoms with Gasteiger partial charge >= 0.3 is 0 Å². The first-order chi connectivity index (χ1) is 14.6. The van der Waals surface area contributed by atoms with Gasteiger partial charge in [0.05, 0.1) is 12.6 Å². The minimum atomic E-state index is -0.262. The molecule has 5 rings (SSSR count). The summed E-state index contributed by atoms with van der Waals surface area (Å²) in [7, 11) is 1.71. The van der Waals surface area contributed by atoms with Gasteiger partial charge in [-0.3, -0.25) is 4.79 Å². The number of ether oxygens (including phenoxy) is 1. The maximum atomic E-state index is 12.6. The van der Waals surface area contributed by atoms with Crippen molar-refractivity contribution in [2.75, 3.05) is 33.3 Å². The Morgan fingerprint density at radius 3 is 2.77 bits per heavy atom. The number of likely N-dealkylation sites (tertiary alicyclic amines) is 1. The van der Waals surface area contributed by atoms with E-state index in [1.165, 1.54) is 22.2 Å². The Bertz CT molecular complexity index is 1070. The molecular formula is C25H29N3O2. The zero-order valence-corrected chi connectivity index (χ0v) is 17.8. The number of carbonyl (C=O) groups excluding carboxylic acids is 1. The SMILES string of the molecule is COc1ccc2[nH]c3c(c2c1)CCN(C(C)=O)C31CCN(CCc2ccccc2)C1. The van der Waals surface area contributed by atoms with Crippen molar-refractivity contribution in [2.24, 2.45) is 0 Å². The van der Waals surface area contributed by atoms with Gasteiger partial charge in [0, 0.05) is 49.7 Å². The quantitative estimate of drug-likeness (QED) is 0.722. The van der Waals surface area contributed by atoms with E-state index in [4.69, 9.17) is 4.74 Å². The summed E-state index contributed by atoms with van der Waals surface area (Å²) in [6, 6.07) is 16.9. The third-order valence-corrected chi connectivity index (χ3v) is 6.95. The van der Waals surface area contributed by atoms with Gasteiger partial charge in [-0.15, -0.1) is 0 Å². The Kier molecular flexibility index (Phi) is 4.78. The second-order valence-electron chi connectivity index (χ2n) is 8.60. The summed E-state index contributed by atoms with van der Waals surface area (Å²) in [6.45, 7) is 5.40. The summed E-state index contributed by atoms with van der Waals surface area (Å²) in [4.78, 5) is 21.0.